The maximum Gasteiger partial charge on any atom is 0.251 e. The van der Waals surface area contributed by atoms with Crippen molar-refractivity contribution in [2.45, 2.75) is 36.7 Å². The summed E-state index contributed by atoms with van der Waals surface area (Å²) in [5.74, 6) is -0.324. The Kier molecular flexibility index (Phi) is 4.64. The highest BCUT2D eigenvalue weighted by Gasteiger charge is 2.28. The molecule has 1 fully saturated rings. The molecule has 0 bridgehead atoms. The molecule has 1 atom stereocenters. The Morgan fingerprint density at radius 3 is 2.71 bits per heavy atom. The van der Waals surface area contributed by atoms with Gasteiger partial charge in [0.05, 0.1) is 10.9 Å². The summed E-state index contributed by atoms with van der Waals surface area (Å²) in [6.45, 7) is 1.85. The van der Waals surface area contributed by atoms with E-state index in [0.717, 1.165) is 18.4 Å². The number of nitrogens with zero attached hydrogens (tertiary/aromatic N) is 1. The number of carbonyl (C=O) groups is 1. The van der Waals surface area contributed by atoms with E-state index < -0.39 is 10.0 Å². The van der Waals surface area contributed by atoms with E-state index in [0.29, 0.717) is 5.56 Å². The Morgan fingerprint density at radius 2 is 2.04 bits per heavy atom. The summed E-state index contributed by atoms with van der Waals surface area (Å²) in [4.78, 5) is 16.5. The molecule has 0 spiro atoms. The Morgan fingerprint density at radius 1 is 1.25 bits per heavy atom. The van der Waals surface area contributed by atoms with Gasteiger partial charge in [0, 0.05) is 24.0 Å². The van der Waals surface area contributed by atoms with Crippen LogP contribution in [0.2, 0.25) is 0 Å². The second-order valence-corrected chi connectivity index (χ2v) is 7.62. The Balaban J connectivity index is 1.74. The van der Waals surface area contributed by atoms with E-state index in [1.54, 1.807) is 30.6 Å². The van der Waals surface area contributed by atoms with Crippen LogP contribution in [0.15, 0.2) is 53.7 Å². The molecule has 0 radical (unpaired) electrons. The minimum atomic E-state index is -3.57. The first-order chi connectivity index (χ1) is 11.5. The van der Waals surface area contributed by atoms with Crippen molar-refractivity contribution in [3.63, 3.8) is 0 Å². The monoisotopic (exact) mass is 345 g/mol. The van der Waals surface area contributed by atoms with Crippen LogP contribution in [0.4, 0.5) is 0 Å². The fourth-order valence-electron chi connectivity index (χ4n) is 2.29. The van der Waals surface area contributed by atoms with Crippen molar-refractivity contribution in [2.24, 2.45) is 0 Å². The Labute approximate surface area is 141 Å². The van der Waals surface area contributed by atoms with Crippen LogP contribution in [0.25, 0.3) is 0 Å². The van der Waals surface area contributed by atoms with Crippen LogP contribution in [0.1, 0.15) is 41.7 Å². The highest BCUT2D eigenvalue weighted by Crippen LogP contribution is 2.22. The van der Waals surface area contributed by atoms with Gasteiger partial charge in [-0.1, -0.05) is 12.1 Å². The molecule has 1 heterocycles. The highest BCUT2D eigenvalue weighted by atomic mass is 32.2. The molecule has 7 heteroatoms. The van der Waals surface area contributed by atoms with E-state index in [1.807, 2.05) is 13.0 Å². The van der Waals surface area contributed by atoms with Gasteiger partial charge in [-0.05, 0) is 49.6 Å². The number of rotatable bonds is 6. The molecule has 1 aromatic heterocycles. The van der Waals surface area contributed by atoms with Crippen LogP contribution >= 0.6 is 0 Å². The van der Waals surface area contributed by atoms with Crippen LogP contribution in [0.5, 0.6) is 0 Å². The first-order valence-electron chi connectivity index (χ1n) is 7.79. The molecule has 6 nitrogen and oxygen atoms in total. The van der Waals surface area contributed by atoms with Crippen LogP contribution < -0.4 is 10.0 Å². The van der Waals surface area contributed by atoms with Gasteiger partial charge < -0.3 is 5.32 Å². The molecule has 1 aliphatic carbocycles. The number of aromatic nitrogens is 1. The molecule has 1 aromatic carbocycles. The zero-order valence-corrected chi connectivity index (χ0v) is 14.1. The number of hydrogen-bond donors (Lipinski definition) is 2. The van der Waals surface area contributed by atoms with Crippen molar-refractivity contribution in [2.75, 3.05) is 0 Å². The van der Waals surface area contributed by atoms with E-state index in [9.17, 15) is 13.2 Å². The predicted molar refractivity (Wildman–Crippen MR) is 89.9 cm³/mol. The normalized spacial score (nSPS) is 15.7. The van der Waals surface area contributed by atoms with Gasteiger partial charge in [0.2, 0.25) is 10.0 Å². The summed E-state index contributed by atoms with van der Waals surface area (Å²) in [6.07, 6.45) is 5.08. The minimum absolute atomic E-state index is 0.0260. The fourth-order valence-corrected chi connectivity index (χ4v) is 3.64. The number of benzene rings is 1. The molecule has 1 aliphatic rings. The predicted octanol–water partition coefficient (Wildman–Crippen LogP) is 2.01. The first kappa shape index (κ1) is 16.6. The standard InChI is InChI=1S/C17H19N3O3S/c1-12(14-5-3-9-18-11-14)19-17(21)13-4-2-6-16(10-13)24(22,23)20-15-7-8-15/h2-6,9-12,15,20H,7-8H2,1H3,(H,19,21). The molecule has 0 saturated heterocycles. The number of pyridine rings is 1. The van der Waals surface area contributed by atoms with Gasteiger partial charge in [-0.2, -0.15) is 0 Å². The van der Waals surface area contributed by atoms with E-state index in [4.69, 9.17) is 0 Å². The van der Waals surface area contributed by atoms with Gasteiger partial charge in [-0.25, -0.2) is 13.1 Å². The van der Waals surface area contributed by atoms with Crippen molar-refractivity contribution < 1.29 is 13.2 Å². The Bertz CT molecular complexity index is 833. The minimum Gasteiger partial charge on any atom is -0.345 e. The highest BCUT2D eigenvalue weighted by molar-refractivity contribution is 7.89. The van der Waals surface area contributed by atoms with Crippen molar-refractivity contribution in [3.05, 3.63) is 59.9 Å². The molecule has 2 aromatic rings. The summed E-state index contributed by atoms with van der Waals surface area (Å²) in [5, 5.41) is 2.85. The number of amides is 1. The van der Waals surface area contributed by atoms with Gasteiger partial charge >= 0.3 is 0 Å². The molecule has 1 amide bonds. The van der Waals surface area contributed by atoms with Crippen molar-refractivity contribution in [1.82, 2.24) is 15.0 Å². The molecular formula is C17H19N3O3S. The third-order valence-electron chi connectivity index (χ3n) is 3.84. The lowest BCUT2D eigenvalue weighted by Gasteiger charge is -2.14. The fraction of sp³-hybridized carbons (Fsp3) is 0.294. The average molecular weight is 345 g/mol. The number of carbonyl (C=O) groups excluding carboxylic acids is 1. The molecular weight excluding hydrogens is 326 g/mol. The van der Waals surface area contributed by atoms with Gasteiger partial charge in [-0.15, -0.1) is 0 Å². The average Bonchev–Trinajstić information content (AvgIpc) is 3.39. The van der Waals surface area contributed by atoms with E-state index in [-0.39, 0.29) is 22.9 Å². The van der Waals surface area contributed by atoms with Crippen molar-refractivity contribution in [1.29, 1.82) is 0 Å². The van der Waals surface area contributed by atoms with Gasteiger partial charge in [0.25, 0.3) is 5.91 Å². The largest absolute Gasteiger partial charge is 0.345 e. The van der Waals surface area contributed by atoms with Crippen molar-refractivity contribution >= 4 is 15.9 Å². The number of sulfonamides is 1. The third kappa shape index (κ3) is 3.98. The zero-order valence-electron chi connectivity index (χ0n) is 13.3. The summed E-state index contributed by atoms with van der Waals surface area (Å²) in [6, 6.07) is 9.54. The lowest BCUT2D eigenvalue weighted by atomic mass is 10.1. The van der Waals surface area contributed by atoms with E-state index in [1.165, 1.54) is 12.1 Å². The molecule has 126 valence electrons. The smallest absolute Gasteiger partial charge is 0.251 e. The molecule has 0 aliphatic heterocycles. The SMILES string of the molecule is CC(NC(=O)c1cccc(S(=O)(=O)NC2CC2)c1)c1cccnc1. The summed E-state index contributed by atoms with van der Waals surface area (Å²) in [5.41, 5.74) is 1.19. The molecule has 3 rings (SSSR count). The lowest BCUT2D eigenvalue weighted by Crippen LogP contribution is -2.28. The van der Waals surface area contributed by atoms with Crippen molar-refractivity contribution in [3.8, 4) is 0 Å². The lowest BCUT2D eigenvalue weighted by molar-refractivity contribution is 0.0939. The third-order valence-corrected chi connectivity index (χ3v) is 5.36. The number of nitrogens with one attached hydrogen (secondary N) is 2. The molecule has 2 N–H and O–H groups in total. The van der Waals surface area contributed by atoms with E-state index >= 15 is 0 Å². The van der Waals surface area contributed by atoms with Crippen LogP contribution in [-0.2, 0) is 10.0 Å². The summed E-state index contributed by atoms with van der Waals surface area (Å²) in [7, 11) is -3.57. The second kappa shape index (κ2) is 6.70. The van der Waals surface area contributed by atoms with Crippen LogP contribution in [0, 0.1) is 0 Å². The van der Waals surface area contributed by atoms with E-state index in [2.05, 4.69) is 15.0 Å². The maximum absolute atomic E-state index is 12.4. The second-order valence-electron chi connectivity index (χ2n) is 5.90. The number of hydrogen-bond acceptors (Lipinski definition) is 4. The van der Waals surface area contributed by atoms with Crippen LogP contribution in [-0.4, -0.2) is 25.4 Å². The molecule has 1 saturated carbocycles. The van der Waals surface area contributed by atoms with Gasteiger partial charge in [0.15, 0.2) is 0 Å². The molecule has 24 heavy (non-hydrogen) atoms. The molecule has 1 unspecified atom stereocenters. The van der Waals surface area contributed by atoms with Gasteiger partial charge in [0.1, 0.15) is 0 Å². The first-order valence-corrected chi connectivity index (χ1v) is 9.27. The topological polar surface area (TPSA) is 88.2 Å². The quantitative estimate of drug-likeness (QED) is 0.838. The zero-order chi connectivity index (χ0) is 17.2. The van der Waals surface area contributed by atoms with Crippen LogP contribution in [0.3, 0.4) is 0 Å². The van der Waals surface area contributed by atoms with Gasteiger partial charge in [-0.3, -0.25) is 9.78 Å². The Hall–Kier alpha value is -2.25. The summed E-state index contributed by atoms with van der Waals surface area (Å²) < 4.78 is 27.1. The maximum atomic E-state index is 12.4. The summed E-state index contributed by atoms with van der Waals surface area (Å²) >= 11 is 0.